The summed E-state index contributed by atoms with van der Waals surface area (Å²) in [6, 6.07) is 12.3. The van der Waals surface area contributed by atoms with E-state index in [0.29, 0.717) is 5.02 Å². The molecule has 0 aliphatic carbocycles. The van der Waals surface area contributed by atoms with Crippen molar-refractivity contribution in [1.82, 2.24) is 0 Å². The lowest BCUT2D eigenvalue weighted by molar-refractivity contribution is 0.319. The van der Waals surface area contributed by atoms with Crippen LogP contribution >= 0.6 is 11.6 Å². The van der Waals surface area contributed by atoms with Crippen molar-refractivity contribution >= 4 is 21.4 Å². The van der Waals surface area contributed by atoms with Crippen LogP contribution < -0.4 is 0 Å². The molecule has 106 valence electrons. The van der Waals surface area contributed by atoms with Crippen molar-refractivity contribution in [2.75, 3.05) is 12.4 Å². The lowest BCUT2D eigenvalue weighted by Crippen LogP contribution is -2.09. The fourth-order valence-corrected chi connectivity index (χ4v) is 3.07. The molecule has 20 heavy (non-hydrogen) atoms. The number of hydrogen-bond acceptors (Lipinski definition) is 3. The van der Waals surface area contributed by atoms with Crippen molar-refractivity contribution in [3.05, 3.63) is 53.1 Å². The highest BCUT2D eigenvalue weighted by Gasteiger charge is 2.13. The van der Waals surface area contributed by atoms with Crippen LogP contribution in [0, 0.1) is 6.92 Å². The molecule has 3 nitrogen and oxygen atoms in total. The van der Waals surface area contributed by atoms with Gasteiger partial charge in [-0.3, -0.25) is 0 Å². The van der Waals surface area contributed by atoms with E-state index in [4.69, 9.17) is 16.7 Å². The van der Waals surface area contributed by atoms with Gasteiger partial charge in [-0.15, -0.1) is 0 Å². The van der Waals surface area contributed by atoms with E-state index in [9.17, 15) is 8.42 Å². The first-order valence-corrected chi connectivity index (χ1v) is 8.17. The molecule has 0 saturated carbocycles. The SMILES string of the molecule is Cc1ccc(-c2ccc(S(=O)(=O)CCO)cc2)cc1Cl. The lowest BCUT2D eigenvalue weighted by atomic mass is 10.0. The third kappa shape index (κ3) is 3.20. The second-order valence-electron chi connectivity index (χ2n) is 4.53. The van der Waals surface area contributed by atoms with Gasteiger partial charge in [0.05, 0.1) is 17.3 Å². The Hall–Kier alpha value is -1.36. The Morgan fingerprint density at radius 2 is 1.65 bits per heavy atom. The first kappa shape index (κ1) is 15.0. The van der Waals surface area contributed by atoms with Gasteiger partial charge in [0.2, 0.25) is 0 Å². The summed E-state index contributed by atoms with van der Waals surface area (Å²) in [6.45, 7) is 1.55. The van der Waals surface area contributed by atoms with Crippen molar-refractivity contribution < 1.29 is 13.5 Å². The maximum atomic E-state index is 11.8. The molecule has 0 atom stereocenters. The fourth-order valence-electron chi connectivity index (χ4n) is 1.87. The second kappa shape index (κ2) is 5.95. The standard InChI is InChI=1S/C15H15ClO3S/c1-11-2-3-13(10-15(11)16)12-4-6-14(7-5-12)20(18,19)9-8-17/h2-7,10,17H,8-9H2,1H3. The van der Waals surface area contributed by atoms with Crippen LogP contribution in [0.1, 0.15) is 5.56 Å². The number of aliphatic hydroxyl groups excluding tert-OH is 1. The number of rotatable bonds is 4. The van der Waals surface area contributed by atoms with Crippen LogP contribution in [-0.2, 0) is 9.84 Å². The number of benzene rings is 2. The van der Waals surface area contributed by atoms with Gasteiger partial charge >= 0.3 is 0 Å². The summed E-state index contributed by atoms with van der Waals surface area (Å²) in [7, 11) is -3.40. The summed E-state index contributed by atoms with van der Waals surface area (Å²) in [6.07, 6.45) is 0. The Morgan fingerprint density at radius 1 is 1.05 bits per heavy atom. The van der Waals surface area contributed by atoms with Crippen LogP contribution in [-0.4, -0.2) is 25.9 Å². The summed E-state index contributed by atoms with van der Waals surface area (Å²) < 4.78 is 23.6. The monoisotopic (exact) mass is 310 g/mol. The van der Waals surface area contributed by atoms with Crippen LogP contribution in [0.15, 0.2) is 47.4 Å². The molecule has 0 fully saturated rings. The highest BCUT2D eigenvalue weighted by atomic mass is 35.5. The van der Waals surface area contributed by atoms with Crippen LogP contribution in [0.2, 0.25) is 5.02 Å². The molecule has 0 heterocycles. The molecular weight excluding hydrogens is 296 g/mol. The van der Waals surface area contributed by atoms with E-state index < -0.39 is 9.84 Å². The van der Waals surface area contributed by atoms with Crippen molar-refractivity contribution in [2.24, 2.45) is 0 Å². The van der Waals surface area contributed by atoms with Gasteiger partial charge in [-0.05, 0) is 41.8 Å². The maximum Gasteiger partial charge on any atom is 0.180 e. The van der Waals surface area contributed by atoms with E-state index in [1.54, 1.807) is 24.3 Å². The summed E-state index contributed by atoms with van der Waals surface area (Å²) in [5, 5.41) is 9.44. The zero-order valence-corrected chi connectivity index (χ0v) is 12.6. The third-order valence-corrected chi connectivity index (χ3v) is 5.20. The Labute approximate surface area is 123 Å². The van der Waals surface area contributed by atoms with E-state index in [1.165, 1.54) is 0 Å². The summed E-state index contributed by atoms with van der Waals surface area (Å²) in [5.41, 5.74) is 2.83. The van der Waals surface area contributed by atoms with E-state index in [2.05, 4.69) is 0 Å². The van der Waals surface area contributed by atoms with Gasteiger partial charge in [-0.2, -0.15) is 0 Å². The average molecular weight is 311 g/mol. The van der Waals surface area contributed by atoms with E-state index in [-0.39, 0.29) is 17.3 Å². The van der Waals surface area contributed by atoms with E-state index in [1.807, 2.05) is 25.1 Å². The summed E-state index contributed by atoms with van der Waals surface area (Å²) in [4.78, 5) is 0.216. The van der Waals surface area contributed by atoms with Gasteiger partial charge in [0.25, 0.3) is 0 Å². The smallest absolute Gasteiger partial charge is 0.180 e. The predicted molar refractivity (Wildman–Crippen MR) is 80.8 cm³/mol. The van der Waals surface area contributed by atoms with Crippen molar-refractivity contribution in [1.29, 1.82) is 0 Å². The summed E-state index contributed by atoms with van der Waals surface area (Å²) in [5.74, 6) is -0.261. The third-order valence-electron chi connectivity index (χ3n) is 3.08. The van der Waals surface area contributed by atoms with E-state index in [0.717, 1.165) is 16.7 Å². The second-order valence-corrected chi connectivity index (χ2v) is 7.05. The first-order chi connectivity index (χ1) is 9.44. The zero-order valence-electron chi connectivity index (χ0n) is 11.0. The Kier molecular flexibility index (Phi) is 4.48. The number of sulfone groups is 1. The van der Waals surface area contributed by atoms with Crippen LogP contribution in [0.5, 0.6) is 0 Å². The molecule has 1 N–H and O–H groups in total. The van der Waals surface area contributed by atoms with Gasteiger partial charge in [0, 0.05) is 5.02 Å². The fraction of sp³-hybridized carbons (Fsp3) is 0.200. The average Bonchev–Trinajstić information content (AvgIpc) is 2.42. The minimum absolute atomic E-state index is 0.216. The van der Waals surface area contributed by atoms with Crippen molar-refractivity contribution in [2.45, 2.75) is 11.8 Å². The lowest BCUT2D eigenvalue weighted by Gasteiger charge is -2.06. The molecule has 0 aliphatic rings. The predicted octanol–water partition coefficient (Wildman–Crippen LogP) is 3.08. The molecule has 0 amide bonds. The van der Waals surface area contributed by atoms with Gasteiger partial charge in [0.1, 0.15) is 0 Å². The molecule has 0 unspecified atom stereocenters. The minimum Gasteiger partial charge on any atom is -0.395 e. The van der Waals surface area contributed by atoms with Crippen LogP contribution in [0.4, 0.5) is 0 Å². The minimum atomic E-state index is -3.40. The highest BCUT2D eigenvalue weighted by molar-refractivity contribution is 7.91. The molecule has 5 heteroatoms. The quantitative estimate of drug-likeness (QED) is 0.944. The zero-order chi connectivity index (χ0) is 14.8. The molecule has 0 saturated heterocycles. The van der Waals surface area contributed by atoms with Gasteiger partial charge in [-0.25, -0.2) is 8.42 Å². The molecule has 0 aromatic heterocycles. The molecule has 0 radical (unpaired) electrons. The van der Waals surface area contributed by atoms with Crippen LogP contribution in [0.25, 0.3) is 11.1 Å². The number of hydrogen-bond donors (Lipinski definition) is 1. The Morgan fingerprint density at radius 3 is 2.20 bits per heavy atom. The topological polar surface area (TPSA) is 54.4 Å². The Balaban J connectivity index is 2.35. The molecule has 0 bridgehead atoms. The normalized spacial score (nSPS) is 11.6. The number of halogens is 1. The molecule has 0 spiro atoms. The number of aliphatic hydroxyl groups is 1. The van der Waals surface area contributed by atoms with Crippen molar-refractivity contribution in [3.63, 3.8) is 0 Å². The van der Waals surface area contributed by atoms with E-state index >= 15 is 0 Å². The van der Waals surface area contributed by atoms with Gasteiger partial charge in [-0.1, -0.05) is 35.9 Å². The molecular formula is C15H15ClO3S. The maximum absolute atomic E-state index is 11.8. The first-order valence-electron chi connectivity index (χ1n) is 6.14. The van der Waals surface area contributed by atoms with Gasteiger partial charge < -0.3 is 5.11 Å². The largest absolute Gasteiger partial charge is 0.395 e. The molecule has 2 aromatic carbocycles. The molecule has 2 aromatic rings. The van der Waals surface area contributed by atoms with Crippen molar-refractivity contribution in [3.8, 4) is 11.1 Å². The molecule has 0 aliphatic heterocycles. The molecule has 2 rings (SSSR count). The Bertz CT molecular complexity index is 706. The van der Waals surface area contributed by atoms with Gasteiger partial charge in [0.15, 0.2) is 9.84 Å². The number of aryl methyl sites for hydroxylation is 1. The van der Waals surface area contributed by atoms with Crippen LogP contribution in [0.3, 0.4) is 0 Å². The summed E-state index contributed by atoms with van der Waals surface area (Å²) >= 11 is 6.09. The highest BCUT2D eigenvalue weighted by Crippen LogP contribution is 2.26.